The molecule has 0 atom stereocenters. The van der Waals surface area contributed by atoms with Crippen molar-refractivity contribution in [2.24, 2.45) is 0 Å². The highest BCUT2D eigenvalue weighted by molar-refractivity contribution is 5.78. The Hall–Kier alpha value is -1.97. The largest absolute Gasteiger partial charge is 0.493 e. The van der Waals surface area contributed by atoms with Gasteiger partial charge in [0.05, 0.1) is 20.8 Å². The first-order valence-electron chi connectivity index (χ1n) is 6.71. The molecule has 0 radical (unpaired) electrons. The van der Waals surface area contributed by atoms with Gasteiger partial charge < -0.3 is 14.2 Å². The van der Waals surface area contributed by atoms with Crippen molar-refractivity contribution >= 4 is 6.29 Å². The highest BCUT2D eigenvalue weighted by Gasteiger charge is 2.13. The lowest BCUT2D eigenvalue weighted by Crippen LogP contribution is -2.02. The van der Waals surface area contributed by atoms with E-state index in [-0.39, 0.29) is 0 Å². The molecule has 0 spiro atoms. The van der Waals surface area contributed by atoms with Crippen LogP contribution >= 0.6 is 0 Å². The fourth-order valence-electron chi connectivity index (χ4n) is 1.85. The summed E-state index contributed by atoms with van der Waals surface area (Å²) in [4.78, 5) is 10.9. The molecule has 0 aliphatic rings. The van der Waals surface area contributed by atoms with Gasteiger partial charge in [-0.2, -0.15) is 0 Å². The molecule has 4 nitrogen and oxygen atoms in total. The number of unbranched alkanes of at least 4 members (excludes halogenated alkanes) is 3. The molecular formula is C16H22O4. The molecule has 0 unspecified atom stereocenters. The molecule has 0 saturated carbocycles. The summed E-state index contributed by atoms with van der Waals surface area (Å²) in [6.45, 7) is 4.28. The lowest BCUT2D eigenvalue weighted by Gasteiger charge is -2.14. The fourth-order valence-corrected chi connectivity index (χ4v) is 1.85. The SMILES string of the molecule is C=CCCCCCOc1c(OC)cc(C=O)cc1OC. The Balaban J connectivity index is 2.67. The van der Waals surface area contributed by atoms with Crippen LogP contribution in [0.4, 0.5) is 0 Å². The van der Waals surface area contributed by atoms with E-state index >= 15 is 0 Å². The van der Waals surface area contributed by atoms with Crippen molar-refractivity contribution in [2.75, 3.05) is 20.8 Å². The molecule has 0 fully saturated rings. The molecule has 1 rings (SSSR count). The van der Waals surface area contributed by atoms with Gasteiger partial charge in [-0.05, 0) is 37.8 Å². The number of methoxy groups -OCH3 is 2. The number of carbonyl (C=O) groups is 1. The van der Waals surface area contributed by atoms with E-state index in [1.807, 2.05) is 6.08 Å². The van der Waals surface area contributed by atoms with Crippen molar-refractivity contribution in [2.45, 2.75) is 25.7 Å². The second-order valence-corrected chi connectivity index (χ2v) is 4.36. The van der Waals surface area contributed by atoms with Crippen LogP contribution in [0.25, 0.3) is 0 Å². The summed E-state index contributed by atoms with van der Waals surface area (Å²) >= 11 is 0. The molecule has 0 aliphatic heterocycles. The topological polar surface area (TPSA) is 44.8 Å². The zero-order valence-corrected chi connectivity index (χ0v) is 12.2. The zero-order chi connectivity index (χ0) is 14.8. The summed E-state index contributed by atoms with van der Waals surface area (Å²) in [7, 11) is 3.08. The van der Waals surface area contributed by atoms with E-state index in [2.05, 4.69) is 6.58 Å². The number of hydrogen-bond donors (Lipinski definition) is 0. The standard InChI is InChI=1S/C16H22O4/c1-4-5-6-7-8-9-20-16-14(18-2)10-13(12-17)11-15(16)19-3/h4,10-12H,1,5-9H2,2-3H3. The lowest BCUT2D eigenvalue weighted by atomic mass is 10.2. The molecule has 1 aromatic rings. The monoisotopic (exact) mass is 278 g/mol. The van der Waals surface area contributed by atoms with Gasteiger partial charge in [0.1, 0.15) is 6.29 Å². The molecule has 0 N–H and O–H groups in total. The molecule has 0 saturated heterocycles. The minimum absolute atomic E-state index is 0.497. The number of allylic oxidation sites excluding steroid dienone is 1. The van der Waals surface area contributed by atoms with Crippen molar-refractivity contribution < 1.29 is 19.0 Å². The van der Waals surface area contributed by atoms with Crippen LogP contribution in [0.3, 0.4) is 0 Å². The first-order chi connectivity index (χ1) is 9.76. The third-order valence-electron chi connectivity index (χ3n) is 2.92. The van der Waals surface area contributed by atoms with Crippen molar-refractivity contribution in [1.82, 2.24) is 0 Å². The molecule has 0 aromatic heterocycles. The maximum atomic E-state index is 10.9. The van der Waals surface area contributed by atoms with Crippen LogP contribution in [0.5, 0.6) is 17.2 Å². The number of ether oxygens (including phenoxy) is 3. The van der Waals surface area contributed by atoms with E-state index in [0.29, 0.717) is 29.4 Å². The third kappa shape index (κ3) is 4.61. The highest BCUT2D eigenvalue weighted by Crippen LogP contribution is 2.38. The average Bonchev–Trinajstić information content (AvgIpc) is 2.50. The average molecular weight is 278 g/mol. The lowest BCUT2D eigenvalue weighted by molar-refractivity contribution is 0.112. The summed E-state index contributed by atoms with van der Waals surface area (Å²) < 4.78 is 16.2. The molecular weight excluding hydrogens is 256 g/mol. The van der Waals surface area contributed by atoms with Gasteiger partial charge in [0.25, 0.3) is 0 Å². The Morgan fingerprint density at radius 3 is 2.25 bits per heavy atom. The highest BCUT2D eigenvalue weighted by atomic mass is 16.5. The van der Waals surface area contributed by atoms with E-state index < -0.39 is 0 Å². The van der Waals surface area contributed by atoms with Crippen molar-refractivity contribution in [3.05, 3.63) is 30.4 Å². The molecule has 0 heterocycles. The molecule has 110 valence electrons. The fraction of sp³-hybridized carbons (Fsp3) is 0.438. The maximum Gasteiger partial charge on any atom is 0.203 e. The minimum Gasteiger partial charge on any atom is -0.493 e. The number of hydrogen-bond acceptors (Lipinski definition) is 4. The number of benzene rings is 1. The maximum absolute atomic E-state index is 10.9. The summed E-state index contributed by atoms with van der Waals surface area (Å²) in [5.74, 6) is 1.57. The predicted molar refractivity (Wildman–Crippen MR) is 79.1 cm³/mol. The number of rotatable bonds is 10. The van der Waals surface area contributed by atoms with Gasteiger partial charge in [0.15, 0.2) is 11.5 Å². The first kappa shape index (κ1) is 16.1. The molecule has 0 bridgehead atoms. The summed E-state index contributed by atoms with van der Waals surface area (Å²) in [5, 5.41) is 0. The second-order valence-electron chi connectivity index (χ2n) is 4.36. The Morgan fingerprint density at radius 1 is 1.10 bits per heavy atom. The predicted octanol–water partition coefficient (Wildman–Crippen LogP) is 3.64. The van der Waals surface area contributed by atoms with E-state index in [1.54, 1.807) is 26.4 Å². The van der Waals surface area contributed by atoms with E-state index in [0.717, 1.165) is 32.0 Å². The summed E-state index contributed by atoms with van der Waals surface area (Å²) in [5.41, 5.74) is 0.497. The van der Waals surface area contributed by atoms with Crippen LogP contribution in [-0.4, -0.2) is 27.1 Å². The molecule has 20 heavy (non-hydrogen) atoms. The number of aldehydes is 1. The summed E-state index contributed by atoms with van der Waals surface area (Å²) in [6, 6.07) is 3.28. The number of carbonyl (C=O) groups excluding carboxylic acids is 1. The van der Waals surface area contributed by atoms with Gasteiger partial charge in [-0.3, -0.25) is 4.79 Å². The van der Waals surface area contributed by atoms with Gasteiger partial charge in [0, 0.05) is 5.56 Å². The van der Waals surface area contributed by atoms with Crippen molar-refractivity contribution in [3.8, 4) is 17.2 Å². The van der Waals surface area contributed by atoms with E-state index in [4.69, 9.17) is 14.2 Å². The summed E-state index contributed by atoms with van der Waals surface area (Å²) in [6.07, 6.45) is 6.86. The Kier molecular flexibility index (Phi) is 7.25. The Morgan fingerprint density at radius 2 is 1.75 bits per heavy atom. The van der Waals surface area contributed by atoms with E-state index in [1.165, 1.54) is 0 Å². The Bertz CT molecular complexity index is 415. The molecule has 0 aliphatic carbocycles. The van der Waals surface area contributed by atoms with Gasteiger partial charge in [-0.1, -0.05) is 6.08 Å². The van der Waals surface area contributed by atoms with Gasteiger partial charge >= 0.3 is 0 Å². The second kappa shape index (κ2) is 9.02. The smallest absolute Gasteiger partial charge is 0.203 e. The normalized spacial score (nSPS) is 9.90. The molecule has 0 amide bonds. The van der Waals surface area contributed by atoms with Crippen LogP contribution in [0.2, 0.25) is 0 Å². The van der Waals surface area contributed by atoms with Crippen LogP contribution < -0.4 is 14.2 Å². The quantitative estimate of drug-likeness (QED) is 0.372. The molecule has 1 aromatic carbocycles. The Labute approximate surface area is 120 Å². The minimum atomic E-state index is 0.497. The van der Waals surface area contributed by atoms with Gasteiger partial charge in [-0.15, -0.1) is 6.58 Å². The third-order valence-corrected chi connectivity index (χ3v) is 2.92. The van der Waals surface area contributed by atoms with Gasteiger partial charge in [-0.25, -0.2) is 0 Å². The zero-order valence-electron chi connectivity index (χ0n) is 12.2. The molecule has 4 heteroatoms. The van der Waals surface area contributed by atoms with E-state index in [9.17, 15) is 4.79 Å². The van der Waals surface area contributed by atoms with Crippen LogP contribution in [-0.2, 0) is 0 Å². The van der Waals surface area contributed by atoms with Crippen LogP contribution in [0.15, 0.2) is 24.8 Å². The van der Waals surface area contributed by atoms with Crippen molar-refractivity contribution in [3.63, 3.8) is 0 Å². The van der Waals surface area contributed by atoms with Crippen LogP contribution in [0.1, 0.15) is 36.0 Å². The van der Waals surface area contributed by atoms with Gasteiger partial charge in [0.2, 0.25) is 5.75 Å². The first-order valence-corrected chi connectivity index (χ1v) is 6.71. The van der Waals surface area contributed by atoms with Crippen LogP contribution in [0, 0.1) is 0 Å². The van der Waals surface area contributed by atoms with Crippen molar-refractivity contribution in [1.29, 1.82) is 0 Å².